The predicted molar refractivity (Wildman–Crippen MR) is 220 cm³/mol. The lowest BCUT2D eigenvalue weighted by atomic mass is 9.78. The number of fused-ring (bicyclic) bond motifs is 7. The molecule has 0 heterocycles. The summed E-state index contributed by atoms with van der Waals surface area (Å²) in [5.74, 6) is 0.546. The van der Waals surface area contributed by atoms with Crippen molar-refractivity contribution in [2.45, 2.75) is 39.5 Å². The molecule has 0 N–H and O–H groups in total. The first-order valence-electron chi connectivity index (χ1n) is 18.4. The van der Waals surface area contributed by atoms with Crippen LogP contribution in [0.3, 0.4) is 0 Å². The van der Waals surface area contributed by atoms with Gasteiger partial charge in [-0.05, 0) is 136 Å². The predicted octanol–water partition coefficient (Wildman–Crippen LogP) is 14.2. The summed E-state index contributed by atoms with van der Waals surface area (Å²) in [5.41, 5.74) is 14.8. The molecule has 0 heteroatoms. The molecule has 10 rings (SSSR count). The lowest BCUT2D eigenvalue weighted by Gasteiger charge is -2.25. The van der Waals surface area contributed by atoms with Crippen LogP contribution in [0, 0.1) is 12.8 Å². The highest BCUT2D eigenvalue weighted by atomic mass is 14.4. The van der Waals surface area contributed by atoms with E-state index in [1.807, 2.05) is 0 Å². The Morgan fingerprint density at radius 3 is 1.90 bits per heavy atom. The number of benzene rings is 8. The Kier molecular flexibility index (Phi) is 6.58. The Morgan fingerprint density at radius 2 is 1.12 bits per heavy atom. The van der Waals surface area contributed by atoms with Crippen molar-refractivity contribution in [2.75, 3.05) is 0 Å². The van der Waals surface area contributed by atoms with Gasteiger partial charge in [0.05, 0.1) is 0 Å². The van der Waals surface area contributed by atoms with E-state index in [0.717, 1.165) is 6.42 Å². The number of hydrogen-bond acceptors (Lipinski definition) is 0. The molecule has 2 aliphatic carbocycles. The third-order valence-corrected chi connectivity index (χ3v) is 11.9. The van der Waals surface area contributed by atoms with Crippen molar-refractivity contribution in [2.24, 2.45) is 5.92 Å². The molecule has 0 radical (unpaired) electrons. The summed E-state index contributed by atoms with van der Waals surface area (Å²) in [6.07, 6.45) is 5.88. The molecule has 0 amide bonds. The fourth-order valence-electron chi connectivity index (χ4n) is 9.38. The van der Waals surface area contributed by atoms with Gasteiger partial charge in [0.25, 0.3) is 0 Å². The van der Waals surface area contributed by atoms with Crippen LogP contribution in [-0.4, -0.2) is 0 Å². The summed E-state index contributed by atoms with van der Waals surface area (Å²) in [6.45, 7) is 9.36. The second-order valence-corrected chi connectivity index (χ2v) is 15.4. The van der Waals surface area contributed by atoms with Crippen LogP contribution in [0.5, 0.6) is 0 Å². The largest absolute Gasteiger partial charge is 0.0836 e. The Balaban J connectivity index is 1.30. The van der Waals surface area contributed by atoms with E-state index in [0.29, 0.717) is 5.92 Å². The van der Waals surface area contributed by atoms with Gasteiger partial charge in [0.2, 0.25) is 0 Å². The van der Waals surface area contributed by atoms with Crippen molar-refractivity contribution in [1.29, 1.82) is 0 Å². The van der Waals surface area contributed by atoms with Crippen molar-refractivity contribution >= 4 is 48.7 Å². The van der Waals surface area contributed by atoms with Gasteiger partial charge in [-0.3, -0.25) is 0 Å². The molecule has 8 aromatic rings. The smallest absolute Gasteiger partial charge is 0.0155 e. The average molecular weight is 653 g/mol. The number of hydrogen-bond donors (Lipinski definition) is 0. The number of rotatable bonds is 3. The van der Waals surface area contributed by atoms with Crippen molar-refractivity contribution in [3.8, 4) is 33.4 Å². The van der Waals surface area contributed by atoms with Gasteiger partial charge in [0, 0.05) is 5.41 Å². The summed E-state index contributed by atoms with van der Waals surface area (Å²) in [4.78, 5) is 0. The topological polar surface area (TPSA) is 0 Å². The summed E-state index contributed by atoms with van der Waals surface area (Å²) >= 11 is 0. The second-order valence-electron chi connectivity index (χ2n) is 15.4. The van der Waals surface area contributed by atoms with E-state index >= 15 is 0 Å². The number of aryl methyl sites for hydroxylation is 1. The van der Waals surface area contributed by atoms with E-state index in [1.54, 1.807) is 5.57 Å². The van der Waals surface area contributed by atoms with Gasteiger partial charge < -0.3 is 0 Å². The summed E-state index contributed by atoms with van der Waals surface area (Å²) < 4.78 is 0. The molecule has 1 atom stereocenters. The van der Waals surface area contributed by atoms with Gasteiger partial charge in [0.1, 0.15) is 0 Å². The maximum atomic E-state index is 2.49. The van der Waals surface area contributed by atoms with Crippen molar-refractivity contribution < 1.29 is 0 Å². The summed E-state index contributed by atoms with van der Waals surface area (Å²) in [5, 5.41) is 10.3. The molecule has 0 aromatic heterocycles. The minimum Gasteiger partial charge on any atom is -0.0836 e. The Hall–Kier alpha value is -5.72. The fourth-order valence-corrected chi connectivity index (χ4v) is 9.38. The molecule has 0 saturated heterocycles. The number of allylic oxidation sites excluding steroid dienone is 4. The molecular formula is C51H40. The Morgan fingerprint density at radius 1 is 0.510 bits per heavy atom. The molecule has 51 heavy (non-hydrogen) atoms. The molecule has 1 unspecified atom stereocenters. The van der Waals surface area contributed by atoms with Crippen LogP contribution >= 0.6 is 0 Å². The van der Waals surface area contributed by atoms with Crippen molar-refractivity contribution in [3.63, 3.8) is 0 Å². The first kappa shape index (κ1) is 30.1. The molecule has 0 aliphatic heterocycles. The summed E-state index contributed by atoms with van der Waals surface area (Å²) in [7, 11) is 0. The molecular weight excluding hydrogens is 613 g/mol. The van der Waals surface area contributed by atoms with Crippen LogP contribution in [-0.2, 0) is 5.41 Å². The molecule has 8 aromatic carbocycles. The van der Waals surface area contributed by atoms with Gasteiger partial charge in [0.15, 0.2) is 0 Å². The van der Waals surface area contributed by atoms with E-state index in [2.05, 4.69) is 179 Å². The second kappa shape index (κ2) is 11.1. The zero-order valence-corrected chi connectivity index (χ0v) is 29.7. The standard InChI is InChI=1S/C51H40/c1-31-20-22-33(23-21-31)49-40-17-9-10-18-41(40)50(44-29-36-13-5-6-14-37(36)38-15-7-8-16-39(38)44)45-28-34(24-26-42(45)49)35-25-27-43-47(30-35)51(3,4)46-19-11-12-32(2)48(43)46/h5-11,13-30,32H,12H2,1-4H3. The third-order valence-electron chi connectivity index (χ3n) is 11.9. The Labute approximate surface area is 300 Å². The van der Waals surface area contributed by atoms with E-state index < -0.39 is 0 Å². The molecule has 244 valence electrons. The molecule has 0 fully saturated rings. The third kappa shape index (κ3) is 4.46. The molecule has 2 aliphatic rings. The van der Waals surface area contributed by atoms with Crippen LogP contribution in [0.25, 0.3) is 82.0 Å². The van der Waals surface area contributed by atoms with Crippen molar-refractivity contribution in [1.82, 2.24) is 0 Å². The summed E-state index contributed by atoms with van der Waals surface area (Å²) in [6, 6.07) is 52.8. The van der Waals surface area contributed by atoms with Crippen molar-refractivity contribution in [3.05, 3.63) is 174 Å². The molecule has 0 spiro atoms. The molecule has 0 bridgehead atoms. The zero-order valence-electron chi connectivity index (χ0n) is 29.7. The average Bonchev–Trinajstić information content (AvgIpc) is 3.40. The van der Waals surface area contributed by atoms with E-state index in [1.165, 1.54) is 98.7 Å². The van der Waals surface area contributed by atoms with Crippen LogP contribution in [0.2, 0.25) is 0 Å². The fraction of sp³-hybridized carbons (Fsp3) is 0.137. The highest BCUT2D eigenvalue weighted by molar-refractivity contribution is 6.26. The van der Waals surface area contributed by atoms with Gasteiger partial charge in [-0.2, -0.15) is 0 Å². The Bertz CT molecular complexity index is 2800. The van der Waals surface area contributed by atoms with Crippen LogP contribution in [0.1, 0.15) is 43.9 Å². The normalized spacial score (nSPS) is 16.4. The SMILES string of the molecule is Cc1ccc(-c2c3ccccc3c(-c3cc4ccccc4c4ccccc34)c3cc(-c4ccc5c(c4)C(C)(C)C4=C5C(C)CC=C4)ccc23)cc1. The highest BCUT2D eigenvalue weighted by Gasteiger charge is 2.39. The maximum Gasteiger partial charge on any atom is 0.0155 e. The lowest BCUT2D eigenvalue weighted by Crippen LogP contribution is -2.17. The van der Waals surface area contributed by atoms with Crippen LogP contribution < -0.4 is 0 Å². The monoisotopic (exact) mass is 652 g/mol. The van der Waals surface area contributed by atoms with Gasteiger partial charge in [-0.25, -0.2) is 0 Å². The zero-order chi connectivity index (χ0) is 34.4. The molecule has 0 nitrogen and oxygen atoms in total. The maximum absolute atomic E-state index is 2.49. The first-order chi connectivity index (χ1) is 24.9. The van der Waals surface area contributed by atoms with Gasteiger partial charge in [-0.15, -0.1) is 0 Å². The lowest BCUT2D eigenvalue weighted by molar-refractivity contribution is 0.643. The van der Waals surface area contributed by atoms with Gasteiger partial charge in [-0.1, -0.05) is 160 Å². The molecule has 0 saturated carbocycles. The van der Waals surface area contributed by atoms with Crippen LogP contribution in [0.15, 0.2) is 157 Å². The quantitative estimate of drug-likeness (QED) is 0.132. The minimum absolute atomic E-state index is 0.0211. The van der Waals surface area contributed by atoms with Crippen LogP contribution in [0.4, 0.5) is 0 Å². The van der Waals surface area contributed by atoms with Gasteiger partial charge >= 0.3 is 0 Å². The minimum atomic E-state index is -0.0211. The first-order valence-corrected chi connectivity index (χ1v) is 18.4. The highest BCUT2D eigenvalue weighted by Crippen LogP contribution is 2.53. The van der Waals surface area contributed by atoms with E-state index in [9.17, 15) is 0 Å². The van der Waals surface area contributed by atoms with E-state index in [-0.39, 0.29) is 5.41 Å². The van der Waals surface area contributed by atoms with E-state index in [4.69, 9.17) is 0 Å².